The third-order valence-electron chi connectivity index (χ3n) is 3.46. The van der Waals surface area contributed by atoms with Gasteiger partial charge in [-0.15, -0.1) is 5.10 Å². The van der Waals surface area contributed by atoms with Gasteiger partial charge in [-0.25, -0.2) is 4.39 Å². The molecule has 136 valence electrons. The number of carbonyl (C=O) groups excluding carboxylic acids is 1. The summed E-state index contributed by atoms with van der Waals surface area (Å²) in [4.78, 5) is 13.1. The van der Waals surface area contributed by atoms with Crippen LogP contribution in [0.2, 0.25) is 0 Å². The van der Waals surface area contributed by atoms with Gasteiger partial charge in [0.15, 0.2) is 0 Å². The molecule has 0 bridgehead atoms. The van der Waals surface area contributed by atoms with E-state index in [1.807, 2.05) is 18.4 Å². The Morgan fingerprint density at radius 2 is 2.19 bits per heavy atom. The molecule has 10 heteroatoms. The molecule has 0 spiro atoms. The average Bonchev–Trinajstić information content (AvgIpc) is 3.11. The summed E-state index contributed by atoms with van der Waals surface area (Å²) in [6, 6.07) is 11.2. The maximum absolute atomic E-state index is 13.4. The van der Waals surface area contributed by atoms with Crippen molar-refractivity contribution >= 4 is 35.1 Å². The van der Waals surface area contributed by atoms with Gasteiger partial charge in [0, 0.05) is 10.6 Å². The Morgan fingerprint density at radius 3 is 2.93 bits per heavy atom. The molecule has 3 rings (SSSR count). The van der Waals surface area contributed by atoms with Crippen molar-refractivity contribution in [3.8, 4) is 11.1 Å². The summed E-state index contributed by atoms with van der Waals surface area (Å²) in [5, 5.41) is 25.2. The van der Waals surface area contributed by atoms with Crippen LogP contribution in [-0.2, 0) is 4.79 Å². The van der Waals surface area contributed by atoms with Gasteiger partial charge in [0.1, 0.15) is 11.2 Å². The Morgan fingerprint density at radius 1 is 1.33 bits per heavy atom. The zero-order chi connectivity index (χ0) is 19.2. The van der Waals surface area contributed by atoms with Gasteiger partial charge in [0.05, 0.1) is 11.4 Å². The molecule has 0 radical (unpaired) electrons. The minimum absolute atomic E-state index is 0.0871. The highest BCUT2D eigenvalue weighted by Gasteiger charge is 2.13. The summed E-state index contributed by atoms with van der Waals surface area (Å²) < 4.78 is 14.8. The van der Waals surface area contributed by atoms with Gasteiger partial charge in [0.25, 0.3) is 0 Å². The number of rotatable bonds is 6. The third-order valence-corrected chi connectivity index (χ3v) is 4.96. The highest BCUT2D eigenvalue weighted by Crippen LogP contribution is 2.24. The Balaban J connectivity index is 1.64. The molecule has 1 N–H and O–H groups in total. The molecule has 27 heavy (non-hydrogen) atoms. The molecule has 0 aliphatic rings. The first-order valence-electron chi connectivity index (χ1n) is 7.70. The molecule has 2 aromatic carbocycles. The van der Waals surface area contributed by atoms with Crippen LogP contribution in [0, 0.1) is 23.4 Å². The van der Waals surface area contributed by atoms with Crippen LogP contribution in [0.3, 0.4) is 0 Å². The van der Waals surface area contributed by atoms with Crippen molar-refractivity contribution < 1.29 is 9.18 Å². The van der Waals surface area contributed by atoms with Gasteiger partial charge in [-0.1, -0.05) is 17.8 Å². The Labute approximate surface area is 163 Å². The first-order chi connectivity index (χ1) is 13.1. The van der Waals surface area contributed by atoms with Crippen LogP contribution in [0.15, 0.2) is 52.5 Å². The number of amides is 1. The smallest absolute Gasteiger partial charge is 0.234 e. The number of hydrogen-bond donors (Lipinski definition) is 1. The topological polar surface area (TPSA) is 96.5 Å². The van der Waals surface area contributed by atoms with Crippen molar-refractivity contribution in [2.75, 3.05) is 11.1 Å². The molecule has 1 heterocycles. The highest BCUT2D eigenvalue weighted by atomic mass is 32.2. The monoisotopic (exact) mass is 400 g/mol. The first kappa shape index (κ1) is 18.9. The van der Waals surface area contributed by atoms with Crippen LogP contribution >= 0.6 is 23.5 Å². The van der Waals surface area contributed by atoms with Gasteiger partial charge < -0.3 is 5.32 Å². The van der Waals surface area contributed by atoms with E-state index in [2.05, 4.69) is 20.8 Å². The number of nitrogens with zero attached hydrogens (tertiary/aromatic N) is 5. The van der Waals surface area contributed by atoms with Crippen molar-refractivity contribution in [2.24, 2.45) is 0 Å². The third kappa shape index (κ3) is 4.84. The molecule has 1 amide bonds. The van der Waals surface area contributed by atoms with E-state index in [9.17, 15) is 9.18 Å². The fraction of sp³-hybridized carbons (Fsp3) is 0.118. The van der Waals surface area contributed by atoms with Crippen molar-refractivity contribution in [3.05, 3.63) is 53.8 Å². The van der Waals surface area contributed by atoms with Crippen LogP contribution in [0.4, 0.5) is 10.1 Å². The zero-order valence-corrected chi connectivity index (χ0v) is 15.7. The summed E-state index contributed by atoms with van der Waals surface area (Å²) in [5.74, 6) is -0.535. The number of aromatic nitrogens is 4. The zero-order valence-electron chi connectivity index (χ0n) is 14.1. The Bertz CT molecular complexity index is 1020. The number of carbonyl (C=O) groups is 1. The van der Waals surface area contributed by atoms with Crippen LogP contribution in [0.25, 0.3) is 5.69 Å². The second-order valence-corrected chi connectivity index (χ2v) is 7.16. The molecule has 0 aliphatic carbocycles. The number of hydrogen-bond acceptors (Lipinski definition) is 7. The molecule has 0 fully saturated rings. The maximum Gasteiger partial charge on any atom is 0.234 e. The Hall–Kier alpha value is -2.90. The number of thiocyanates is 1. The second-order valence-electron chi connectivity index (χ2n) is 5.36. The predicted octanol–water partition coefficient (Wildman–Crippen LogP) is 3.41. The second kappa shape index (κ2) is 8.66. The number of benzene rings is 2. The molecule has 0 unspecified atom stereocenters. The van der Waals surface area contributed by atoms with Crippen LogP contribution in [0.1, 0.15) is 5.56 Å². The lowest BCUT2D eigenvalue weighted by molar-refractivity contribution is -0.113. The van der Waals surface area contributed by atoms with E-state index in [1.54, 1.807) is 24.3 Å². The predicted molar refractivity (Wildman–Crippen MR) is 101 cm³/mol. The van der Waals surface area contributed by atoms with Crippen molar-refractivity contribution in [2.45, 2.75) is 17.0 Å². The number of tetrazole rings is 1. The van der Waals surface area contributed by atoms with E-state index in [4.69, 9.17) is 5.26 Å². The van der Waals surface area contributed by atoms with E-state index in [0.717, 1.165) is 34.0 Å². The lowest BCUT2D eigenvalue weighted by Crippen LogP contribution is -2.15. The van der Waals surface area contributed by atoms with Gasteiger partial charge in [-0.05, 0) is 71.1 Å². The number of anilines is 1. The lowest BCUT2D eigenvalue weighted by Gasteiger charge is -2.09. The molecular formula is C17H13FN6OS2. The fourth-order valence-electron chi connectivity index (χ4n) is 2.25. The minimum Gasteiger partial charge on any atom is -0.325 e. The van der Waals surface area contributed by atoms with E-state index < -0.39 is 5.82 Å². The summed E-state index contributed by atoms with van der Waals surface area (Å²) >= 11 is 2.21. The fourth-order valence-corrected chi connectivity index (χ4v) is 3.42. The molecule has 7 nitrogen and oxygen atoms in total. The van der Waals surface area contributed by atoms with E-state index in [0.29, 0.717) is 16.5 Å². The summed E-state index contributed by atoms with van der Waals surface area (Å²) in [7, 11) is 0. The molecular weight excluding hydrogens is 387 g/mol. The normalized spacial score (nSPS) is 10.4. The molecule has 3 aromatic rings. The number of halogens is 1. The maximum atomic E-state index is 13.4. The van der Waals surface area contributed by atoms with Crippen LogP contribution < -0.4 is 5.32 Å². The largest absolute Gasteiger partial charge is 0.325 e. The van der Waals surface area contributed by atoms with Crippen molar-refractivity contribution in [1.29, 1.82) is 5.26 Å². The molecule has 1 aromatic heterocycles. The molecule has 0 saturated carbocycles. The highest BCUT2D eigenvalue weighted by molar-refractivity contribution is 8.03. The van der Waals surface area contributed by atoms with E-state index in [1.165, 1.54) is 16.8 Å². The molecule has 0 atom stereocenters. The number of nitriles is 1. The lowest BCUT2D eigenvalue weighted by atomic mass is 10.2. The first-order valence-corrected chi connectivity index (χ1v) is 9.50. The van der Waals surface area contributed by atoms with Crippen molar-refractivity contribution in [3.63, 3.8) is 0 Å². The van der Waals surface area contributed by atoms with Gasteiger partial charge >= 0.3 is 0 Å². The number of nitrogens with one attached hydrogen (secondary N) is 1. The summed E-state index contributed by atoms with van der Waals surface area (Å²) in [6.45, 7) is 1.86. The van der Waals surface area contributed by atoms with E-state index >= 15 is 0 Å². The molecule has 0 saturated heterocycles. The number of thioether (sulfide) groups is 2. The van der Waals surface area contributed by atoms with Gasteiger partial charge in [0.2, 0.25) is 11.1 Å². The van der Waals surface area contributed by atoms with Crippen molar-refractivity contribution in [1.82, 2.24) is 20.2 Å². The summed E-state index contributed by atoms with van der Waals surface area (Å²) in [5.41, 5.74) is 2.01. The quantitative estimate of drug-likeness (QED) is 0.500. The average molecular weight is 400 g/mol. The standard InChI is InChI=1S/C17H13FN6OS2/c1-11-7-14(27-10-19)5-6-15(11)20-16(25)9-26-17-21-22-23-24(17)13-4-2-3-12(18)8-13/h2-8H,9H2,1H3,(H,20,25). The molecule has 0 aliphatic heterocycles. The summed E-state index contributed by atoms with van der Waals surface area (Å²) in [6.07, 6.45) is 0. The minimum atomic E-state index is -0.398. The van der Waals surface area contributed by atoms with E-state index in [-0.39, 0.29) is 11.7 Å². The Kier molecular flexibility index (Phi) is 6.05. The van der Waals surface area contributed by atoms with Crippen LogP contribution in [0.5, 0.6) is 0 Å². The van der Waals surface area contributed by atoms with Gasteiger partial charge in [-0.3, -0.25) is 4.79 Å². The van der Waals surface area contributed by atoms with Gasteiger partial charge in [-0.2, -0.15) is 9.94 Å². The van der Waals surface area contributed by atoms with Crippen LogP contribution in [-0.4, -0.2) is 31.9 Å². The SMILES string of the molecule is Cc1cc(SC#N)ccc1NC(=O)CSc1nnnn1-c1cccc(F)c1. The number of aryl methyl sites for hydroxylation is 1.